The molecule has 3 N–H and O–H groups in total. The monoisotopic (exact) mass is 620 g/mol. The zero-order valence-electron chi connectivity index (χ0n) is 21.9. The number of imide groups is 1. The number of thioether (sulfide) groups is 1. The molecule has 18 heteroatoms. The Balaban J connectivity index is 1.50. The number of carboxylic acid groups (broad SMARTS) is 1. The predicted molar refractivity (Wildman–Crippen MR) is 142 cm³/mol. The van der Waals surface area contributed by atoms with Crippen molar-refractivity contribution in [3.63, 3.8) is 0 Å². The maximum absolute atomic E-state index is 13.4. The standard InChI is InChI=1S/C24H24N6O10S2/c1-13(31)40-11-15-12-41-21-17(20(33)30(21)18(15)22(34)35)26-19(32)16(14-5-3-2-4-6-14)27-23(36)28-8-9-29(24(28)37)42(38,39)10-7-25/h2-6,16-17,21H,8-12H2,1H3,(H,26,32)(H,27,36)(H,34,35)/t16?,17?,21-/m0/s1. The van der Waals surface area contributed by atoms with E-state index in [1.165, 1.54) is 18.2 Å². The van der Waals surface area contributed by atoms with E-state index in [0.717, 1.165) is 23.6 Å². The molecule has 0 saturated carbocycles. The second-order valence-corrected chi connectivity index (χ2v) is 12.1. The Kier molecular flexibility index (Phi) is 8.72. The maximum atomic E-state index is 13.4. The molecular weight excluding hydrogens is 596 g/mol. The third-order valence-electron chi connectivity index (χ3n) is 6.46. The summed E-state index contributed by atoms with van der Waals surface area (Å²) in [5, 5.41) is 22.6. The minimum Gasteiger partial charge on any atom is -0.477 e. The van der Waals surface area contributed by atoms with Crippen LogP contribution in [0.1, 0.15) is 18.5 Å². The number of rotatable bonds is 9. The minimum atomic E-state index is -4.27. The highest BCUT2D eigenvalue weighted by atomic mass is 32.2. The van der Waals surface area contributed by atoms with Gasteiger partial charge in [0.25, 0.3) is 15.9 Å². The van der Waals surface area contributed by atoms with Gasteiger partial charge in [-0.2, -0.15) is 5.26 Å². The second kappa shape index (κ2) is 12.1. The molecule has 0 aromatic heterocycles. The van der Waals surface area contributed by atoms with Gasteiger partial charge in [-0.3, -0.25) is 19.3 Å². The number of hydrogen-bond acceptors (Lipinski definition) is 11. The quantitative estimate of drug-likeness (QED) is 0.231. The fraction of sp³-hybridized carbons (Fsp3) is 0.375. The van der Waals surface area contributed by atoms with Crippen molar-refractivity contribution in [3.05, 3.63) is 47.2 Å². The third-order valence-corrected chi connectivity index (χ3v) is 9.30. The molecule has 6 amide bonds. The molecule has 3 aliphatic heterocycles. The van der Waals surface area contributed by atoms with Crippen LogP contribution in [0.2, 0.25) is 0 Å². The zero-order valence-corrected chi connectivity index (χ0v) is 23.5. The number of β-lactam (4-membered cyclic amide) rings is 1. The predicted octanol–water partition coefficient (Wildman–Crippen LogP) is -0.670. The lowest BCUT2D eigenvalue weighted by Crippen LogP contribution is -2.71. The van der Waals surface area contributed by atoms with Gasteiger partial charge in [0.2, 0.25) is 5.91 Å². The average Bonchev–Trinajstić information content (AvgIpc) is 3.35. The number of ether oxygens (including phenoxy) is 1. The number of benzene rings is 1. The van der Waals surface area contributed by atoms with Gasteiger partial charge in [-0.25, -0.2) is 32.0 Å². The maximum Gasteiger partial charge on any atom is 0.352 e. The Morgan fingerprint density at radius 2 is 1.88 bits per heavy atom. The summed E-state index contributed by atoms with van der Waals surface area (Å²) in [4.78, 5) is 76.8. The minimum absolute atomic E-state index is 0.108. The number of fused-ring (bicyclic) bond motifs is 1. The molecule has 2 unspecified atom stereocenters. The van der Waals surface area contributed by atoms with Crippen LogP contribution >= 0.6 is 11.8 Å². The lowest BCUT2D eigenvalue weighted by atomic mass is 10.0. The van der Waals surface area contributed by atoms with E-state index in [0.29, 0.717) is 9.21 Å². The summed E-state index contributed by atoms with van der Waals surface area (Å²) in [6.07, 6.45) is 0. The van der Waals surface area contributed by atoms with Crippen molar-refractivity contribution in [1.82, 2.24) is 24.7 Å². The first-order valence-electron chi connectivity index (χ1n) is 12.3. The van der Waals surface area contributed by atoms with Crippen LogP contribution < -0.4 is 10.6 Å². The van der Waals surface area contributed by atoms with Gasteiger partial charge in [-0.1, -0.05) is 30.3 Å². The molecule has 2 saturated heterocycles. The fourth-order valence-electron chi connectivity index (χ4n) is 4.49. The lowest BCUT2D eigenvalue weighted by molar-refractivity contribution is -0.151. The zero-order chi connectivity index (χ0) is 30.8. The number of urea groups is 2. The van der Waals surface area contributed by atoms with E-state index in [9.17, 15) is 42.3 Å². The van der Waals surface area contributed by atoms with Crippen LogP contribution in [0, 0.1) is 11.3 Å². The molecule has 3 heterocycles. The van der Waals surface area contributed by atoms with Crippen molar-refractivity contribution in [1.29, 1.82) is 5.26 Å². The molecule has 0 aliphatic carbocycles. The summed E-state index contributed by atoms with van der Waals surface area (Å²) in [7, 11) is -4.27. The van der Waals surface area contributed by atoms with E-state index < -0.39 is 69.0 Å². The number of hydrogen-bond donors (Lipinski definition) is 3. The van der Waals surface area contributed by atoms with Crippen LogP contribution in [0.3, 0.4) is 0 Å². The number of esters is 1. The molecule has 2 fully saturated rings. The van der Waals surface area contributed by atoms with E-state index in [-0.39, 0.29) is 42.3 Å². The Morgan fingerprint density at radius 1 is 1.19 bits per heavy atom. The Hall–Kier alpha value is -4.63. The highest BCUT2D eigenvalue weighted by Crippen LogP contribution is 2.40. The number of nitrogens with zero attached hydrogens (tertiary/aromatic N) is 4. The number of nitriles is 1. The van der Waals surface area contributed by atoms with E-state index in [4.69, 9.17) is 10.00 Å². The molecule has 0 radical (unpaired) electrons. The van der Waals surface area contributed by atoms with Crippen molar-refractivity contribution in [3.8, 4) is 6.07 Å². The molecule has 0 bridgehead atoms. The fourth-order valence-corrected chi connectivity index (χ4v) is 6.83. The molecule has 1 aromatic carbocycles. The van der Waals surface area contributed by atoms with Crippen molar-refractivity contribution in [2.75, 3.05) is 31.2 Å². The number of carboxylic acids is 1. The smallest absolute Gasteiger partial charge is 0.352 e. The number of carbonyl (C=O) groups excluding carboxylic acids is 5. The van der Waals surface area contributed by atoms with Crippen LogP contribution in [0.4, 0.5) is 9.59 Å². The molecule has 1 aromatic rings. The second-order valence-electron chi connectivity index (χ2n) is 9.15. The highest BCUT2D eigenvalue weighted by molar-refractivity contribution is 8.00. The molecular formula is C24H24N6O10S2. The molecule has 4 rings (SSSR count). The molecule has 3 atom stereocenters. The number of amides is 6. The van der Waals surface area contributed by atoms with Gasteiger partial charge in [0.05, 0.1) is 19.2 Å². The van der Waals surface area contributed by atoms with E-state index in [1.54, 1.807) is 18.2 Å². The topological polar surface area (TPSA) is 224 Å². The van der Waals surface area contributed by atoms with E-state index >= 15 is 0 Å². The summed E-state index contributed by atoms with van der Waals surface area (Å²) in [5.74, 6) is -4.46. The normalized spacial score (nSPS) is 20.7. The van der Waals surface area contributed by atoms with Gasteiger partial charge in [0, 0.05) is 18.2 Å². The van der Waals surface area contributed by atoms with Crippen LogP contribution in [0.15, 0.2) is 41.6 Å². The van der Waals surface area contributed by atoms with Crippen LogP contribution in [-0.2, 0) is 33.9 Å². The van der Waals surface area contributed by atoms with Crippen LogP contribution in [0.5, 0.6) is 0 Å². The van der Waals surface area contributed by atoms with E-state index in [1.807, 2.05) is 0 Å². The summed E-state index contributed by atoms with van der Waals surface area (Å²) in [6.45, 7) is 0.147. The van der Waals surface area contributed by atoms with E-state index in [2.05, 4.69) is 10.6 Å². The van der Waals surface area contributed by atoms with Gasteiger partial charge in [0.1, 0.15) is 29.8 Å². The first kappa shape index (κ1) is 30.3. The first-order valence-corrected chi connectivity index (χ1v) is 14.9. The van der Waals surface area contributed by atoms with Gasteiger partial charge in [0.15, 0.2) is 5.75 Å². The number of nitrogens with one attached hydrogen (secondary N) is 2. The van der Waals surface area contributed by atoms with Crippen molar-refractivity contribution in [2.45, 2.75) is 24.4 Å². The largest absolute Gasteiger partial charge is 0.477 e. The molecule has 42 heavy (non-hydrogen) atoms. The highest BCUT2D eigenvalue weighted by Gasteiger charge is 2.54. The summed E-state index contributed by atoms with van der Waals surface area (Å²) >= 11 is 1.15. The van der Waals surface area contributed by atoms with Gasteiger partial charge >= 0.3 is 24.0 Å². The molecule has 0 spiro atoms. The molecule has 16 nitrogen and oxygen atoms in total. The SMILES string of the molecule is CC(=O)OCC1=C(C(=O)O)N2C(=O)C(NC(=O)C(NC(=O)N3CCN(S(=O)(=O)CC#N)C3=O)c3ccccc3)[C@@H]2SC1. The summed E-state index contributed by atoms with van der Waals surface area (Å²) in [6, 6.07) is 4.44. The lowest BCUT2D eigenvalue weighted by Gasteiger charge is -2.49. The number of carbonyl (C=O) groups is 6. The Labute approximate surface area is 243 Å². The van der Waals surface area contributed by atoms with Crippen molar-refractivity contribution < 1.29 is 47.0 Å². The average molecular weight is 621 g/mol. The Bertz CT molecular complexity index is 1520. The summed E-state index contributed by atoms with van der Waals surface area (Å²) < 4.78 is 29.7. The number of aliphatic carboxylic acids is 1. The van der Waals surface area contributed by atoms with Gasteiger partial charge in [-0.05, 0) is 5.56 Å². The van der Waals surface area contributed by atoms with Crippen LogP contribution in [0.25, 0.3) is 0 Å². The molecule has 3 aliphatic rings. The summed E-state index contributed by atoms with van der Waals surface area (Å²) in [5.41, 5.74) is 0.151. The number of sulfonamides is 1. The van der Waals surface area contributed by atoms with Crippen LogP contribution in [-0.4, -0.2) is 106 Å². The van der Waals surface area contributed by atoms with Gasteiger partial charge < -0.3 is 20.5 Å². The first-order chi connectivity index (χ1) is 19.9. The van der Waals surface area contributed by atoms with Gasteiger partial charge in [-0.15, -0.1) is 11.8 Å². The van der Waals surface area contributed by atoms with Crippen molar-refractivity contribution in [2.24, 2.45) is 0 Å². The van der Waals surface area contributed by atoms with Crippen molar-refractivity contribution >= 4 is 57.6 Å². The Morgan fingerprint density at radius 3 is 2.50 bits per heavy atom. The third kappa shape index (κ3) is 5.87. The molecule has 222 valence electrons.